The van der Waals surface area contributed by atoms with Crippen molar-refractivity contribution in [3.63, 3.8) is 0 Å². The molecule has 1 aliphatic carbocycles. The molecule has 1 atom stereocenters. The molecule has 4 rings (SSSR count). The van der Waals surface area contributed by atoms with Gasteiger partial charge in [0.25, 0.3) is 10.0 Å². The Balaban J connectivity index is 1.75. The van der Waals surface area contributed by atoms with Crippen molar-refractivity contribution in [2.45, 2.75) is 29.7 Å². The van der Waals surface area contributed by atoms with Crippen molar-refractivity contribution in [2.75, 3.05) is 13.7 Å². The Kier molecular flexibility index (Phi) is 5.66. The van der Waals surface area contributed by atoms with Crippen molar-refractivity contribution in [2.24, 2.45) is 5.92 Å². The molecule has 2 aliphatic rings. The fourth-order valence-electron chi connectivity index (χ4n) is 3.88. The summed E-state index contributed by atoms with van der Waals surface area (Å²) < 4.78 is 33.1. The zero-order chi connectivity index (χ0) is 22.4. The van der Waals surface area contributed by atoms with E-state index < -0.39 is 33.3 Å². The van der Waals surface area contributed by atoms with Gasteiger partial charge in [-0.2, -0.15) is 0 Å². The molecule has 164 valence electrons. The van der Waals surface area contributed by atoms with Crippen LogP contribution in [-0.4, -0.2) is 43.7 Å². The van der Waals surface area contributed by atoms with Gasteiger partial charge in [-0.3, -0.25) is 9.59 Å². The van der Waals surface area contributed by atoms with Gasteiger partial charge in [-0.15, -0.1) is 0 Å². The maximum atomic E-state index is 13.6. The Morgan fingerprint density at radius 3 is 2.35 bits per heavy atom. The number of rotatable bonds is 5. The van der Waals surface area contributed by atoms with Gasteiger partial charge in [0.2, 0.25) is 11.8 Å². The summed E-state index contributed by atoms with van der Waals surface area (Å²) in [5.74, 6) is -1.37. The lowest BCUT2D eigenvalue weighted by molar-refractivity contribution is -0.135. The zero-order valence-corrected chi connectivity index (χ0v) is 18.9. The molecule has 2 fully saturated rings. The third kappa shape index (κ3) is 3.88. The molecule has 0 aromatic heterocycles. The number of nitrogens with one attached hydrogen (secondary N) is 1. The molecule has 1 unspecified atom stereocenters. The first-order valence-electron chi connectivity index (χ1n) is 9.64. The van der Waals surface area contributed by atoms with E-state index in [0.29, 0.717) is 21.4 Å². The minimum Gasteiger partial charge on any atom is -0.496 e. The van der Waals surface area contributed by atoms with Crippen LogP contribution in [0.2, 0.25) is 10.0 Å². The van der Waals surface area contributed by atoms with Crippen LogP contribution in [0.5, 0.6) is 5.75 Å². The molecular formula is C21H20Cl2N2O5S. The third-order valence-electron chi connectivity index (χ3n) is 5.65. The van der Waals surface area contributed by atoms with Gasteiger partial charge in [-0.05, 0) is 67.3 Å². The second kappa shape index (κ2) is 8.00. The molecule has 2 amide bonds. The zero-order valence-electron chi connectivity index (χ0n) is 16.6. The number of carbonyl (C=O) groups is 2. The van der Waals surface area contributed by atoms with E-state index in [0.717, 1.165) is 4.31 Å². The predicted octanol–water partition coefficient (Wildman–Crippen LogP) is 3.04. The minimum atomic E-state index is -4.27. The molecule has 0 bridgehead atoms. The number of amides is 2. The molecule has 31 heavy (non-hydrogen) atoms. The maximum absolute atomic E-state index is 13.6. The fourth-order valence-corrected chi connectivity index (χ4v) is 6.00. The van der Waals surface area contributed by atoms with Crippen molar-refractivity contribution in [3.05, 3.63) is 58.1 Å². The van der Waals surface area contributed by atoms with Crippen LogP contribution in [0.3, 0.4) is 0 Å². The van der Waals surface area contributed by atoms with Gasteiger partial charge in [0.1, 0.15) is 11.3 Å². The van der Waals surface area contributed by atoms with Gasteiger partial charge in [-0.25, -0.2) is 12.7 Å². The number of methoxy groups -OCH3 is 1. The van der Waals surface area contributed by atoms with E-state index >= 15 is 0 Å². The van der Waals surface area contributed by atoms with Gasteiger partial charge in [0.15, 0.2) is 0 Å². The summed E-state index contributed by atoms with van der Waals surface area (Å²) in [5, 5.41) is 3.58. The van der Waals surface area contributed by atoms with Crippen LogP contribution >= 0.6 is 23.2 Å². The smallest absolute Gasteiger partial charge is 0.267 e. The quantitative estimate of drug-likeness (QED) is 0.706. The fraction of sp³-hybridized carbons (Fsp3) is 0.333. The largest absolute Gasteiger partial charge is 0.496 e. The molecular weight excluding hydrogens is 463 g/mol. The van der Waals surface area contributed by atoms with Gasteiger partial charge in [0, 0.05) is 16.6 Å². The number of hydrogen-bond donors (Lipinski definition) is 1. The van der Waals surface area contributed by atoms with Crippen molar-refractivity contribution in [1.29, 1.82) is 0 Å². The predicted molar refractivity (Wildman–Crippen MR) is 116 cm³/mol. The van der Waals surface area contributed by atoms with E-state index in [9.17, 15) is 18.0 Å². The number of hydrogen-bond acceptors (Lipinski definition) is 5. The van der Waals surface area contributed by atoms with Crippen LogP contribution < -0.4 is 10.1 Å². The summed E-state index contributed by atoms with van der Waals surface area (Å²) in [7, 11) is -2.77. The molecule has 0 radical (unpaired) electrons. The minimum absolute atomic E-state index is 0.0156. The average Bonchev–Trinajstić information content (AvgIpc) is 3.53. The highest BCUT2D eigenvalue weighted by Crippen LogP contribution is 2.47. The van der Waals surface area contributed by atoms with E-state index in [1.54, 1.807) is 18.2 Å². The highest BCUT2D eigenvalue weighted by atomic mass is 35.5. The molecule has 1 aliphatic heterocycles. The molecule has 2 aromatic rings. The van der Waals surface area contributed by atoms with Crippen molar-refractivity contribution in [1.82, 2.24) is 9.62 Å². The lowest BCUT2D eigenvalue weighted by Gasteiger charge is -2.29. The summed E-state index contributed by atoms with van der Waals surface area (Å²) >= 11 is 12.0. The second-order valence-corrected chi connectivity index (χ2v) is 10.3. The van der Waals surface area contributed by atoms with Crippen molar-refractivity contribution < 1.29 is 22.7 Å². The SMILES string of the molecule is COc1ccc(Cl)cc1CC1CNC(=O)C2(CC2)N(S(=O)(=O)c2ccc(Cl)cc2)C1=O. The van der Waals surface area contributed by atoms with E-state index in [1.165, 1.54) is 31.4 Å². The molecule has 1 saturated carbocycles. The number of halogens is 2. The molecule has 1 heterocycles. The standard InChI is InChI=1S/C21H20Cl2N2O5S/c1-30-18-7-4-16(23)11-13(18)10-14-12-24-20(27)21(8-9-21)25(19(14)26)31(28,29)17-5-2-15(22)3-6-17/h2-7,11,14H,8-10,12H2,1H3,(H,24,27). The summed E-state index contributed by atoms with van der Waals surface area (Å²) in [4.78, 5) is 26.3. The van der Waals surface area contributed by atoms with Crippen molar-refractivity contribution in [3.8, 4) is 5.75 Å². The lowest BCUT2D eigenvalue weighted by atomic mass is 9.97. The monoisotopic (exact) mass is 482 g/mol. The lowest BCUT2D eigenvalue weighted by Crippen LogP contribution is -2.52. The second-order valence-electron chi connectivity index (χ2n) is 7.66. The number of nitrogens with zero attached hydrogens (tertiary/aromatic N) is 1. The van der Waals surface area contributed by atoms with Crippen LogP contribution in [0.15, 0.2) is 47.4 Å². The van der Waals surface area contributed by atoms with Crippen LogP contribution in [-0.2, 0) is 26.0 Å². The highest BCUT2D eigenvalue weighted by molar-refractivity contribution is 7.89. The Labute approximate surface area is 190 Å². The van der Waals surface area contributed by atoms with E-state index in [1.807, 2.05) is 0 Å². The van der Waals surface area contributed by atoms with Crippen LogP contribution in [0.1, 0.15) is 18.4 Å². The summed E-state index contributed by atoms with van der Waals surface area (Å²) in [6, 6.07) is 10.6. The van der Waals surface area contributed by atoms with E-state index in [4.69, 9.17) is 27.9 Å². The summed E-state index contributed by atoms with van der Waals surface area (Å²) in [6.07, 6.45) is 0.723. The third-order valence-corrected chi connectivity index (χ3v) is 8.02. The van der Waals surface area contributed by atoms with Gasteiger partial charge < -0.3 is 10.1 Å². The first-order valence-corrected chi connectivity index (χ1v) is 11.8. The van der Waals surface area contributed by atoms with E-state index in [-0.39, 0.29) is 30.7 Å². The molecule has 10 heteroatoms. The Bertz CT molecular complexity index is 1150. The molecule has 1 saturated heterocycles. The first-order chi connectivity index (χ1) is 14.7. The van der Waals surface area contributed by atoms with Crippen LogP contribution in [0, 0.1) is 5.92 Å². The topological polar surface area (TPSA) is 92.8 Å². The number of carbonyl (C=O) groups excluding carboxylic acids is 2. The summed E-state index contributed by atoms with van der Waals surface area (Å²) in [5.41, 5.74) is -0.735. The van der Waals surface area contributed by atoms with Crippen LogP contribution in [0.4, 0.5) is 0 Å². The molecule has 2 aromatic carbocycles. The Morgan fingerprint density at radius 2 is 1.74 bits per heavy atom. The molecule has 1 N–H and O–H groups in total. The van der Waals surface area contributed by atoms with Crippen molar-refractivity contribution >= 4 is 45.0 Å². The molecule has 1 spiro atoms. The van der Waals surface area contributed by atoms with Crippen LogP contribution in [0.25, 0.3) is 0 Å². The summed E-state index contributed by atoms with van der Waals surface area (Å²) in [6.45, 7) is 0.0156. The Hall–Kier alpha value is -2.29. The van der Waals surface area contributed by atoms with Gasteiger partial charge in [0.05, 0.1) is 17.9 Å². The molecule has 7 nitrogen and oxygen atoms in total. The number of sulfonamides is 1. The first kappa shape index (κ1) is 21.9. The highest BCUT2D eigenvalue weighted by Gasteiger charge is 2.63. The van der Waals surface area contributed by atoms with E-state index in [2.05, 4.69) is 5.32 Å². The number of ether oxygens (including phenoxy) is 1. The maximum Gasteiger partial charge on any atom is 0.267 e. The van der Waals surface area contributed by atoms with Gasteiger partial charge in [-0.1, -0.05) is 23.2 Å². The Morgan fingerprint density at radius 1 is 1.10 bits per heavy atom. The van der Waals surface area contributed by atoms with Gasteiger partial charge >= 0.3 is 0 Å². The number of benzene rings is 2. The average molecular weight is 483 g/mol. The normalized spacial score (nSPS) is 20.4.